The Bertz CT molecular complexity index is 509. The van der Waals surface area contributed by atoms with Crippen LogP contribution in [-0.2, 0) is 15.7 Å². The lowest BCUT2D eigenvalue weighted by atomic mass is 9.34. The molecular formula is C17H32N2O3S. The van der Waals surface area contributed by atoms with Gasteiger partial charge in [0.1, 0.15) is 5.60 Å². The molecule has 3 fully saturated rings. The van der Waals surface area contributed by atoms with Crippen LogP contribution in [0.15, 0.2) is 0 Å². The highest BCUT2D eigenvalue weighted by molar-refractivity contribution is 7.84. The van der Waals surface area contributed by atoms with Crippen LogP contribution in [0, 0.1) is 5.41 Å². The molecule has 0 aliphatic heterocycles. The van der Waals surface area contributed by atoms with Crippen molar-refractivity contribution in [2.75, 3.05) is 0 Å². The van der Waals surface area contributed by atoms with E-state index in [1.54, 1.807) is 0 Å². The predicted octanol–water partition coefficient (Wildman–Crippen LogP) is 3.26. The van der Waals surface area contributed by atoms with Crippen molar-refractivity contribution in [1.82, 2.24) is 10.0 Å². The van der Waals surface area contributed by atoms with Crippen LogP contribution in [-0.4, -0.2) is 31.7 Å². The third kappa shape index (κ3) is 3.58. The van der Waals surface area contributed by atoms with Gasteiger partial charge in [-0.25, -0.2) is 13.7 Å². The van der Waals surface area contributed by atoms with Gasteiger partial charge in [0, 0.05) is 11.1 Å². The summed E-state index contributed by atoms with van der Waals surface area (Å²) in [7, 11) is -1.10. The quantitative estimate of drug-likeness (QED) is 0.822. The lowest BCUT2D eigenvalue weighted by Gasteiger charge is -2.75. The van der Waals surface area contributed by atoms with Crippen LogP contribution in [0.4, 0.5) is 4.79 Å². The molecule has 2 bridgehead atoms. The Labute approximate surface area is 142 Å². The molecule has 0 radical (unpaired) electrons. The van der Waals surface area contributed by atoms with Gasteiger partial charge in [-0.15, -0.1) is 0 Å². The van der Waals surface area contributed by atoms with Gasteiger partial charge in [0.05, 0.1) is 15.7 Å². The minimum atomic E-state index is -1.10. The van der Waals surface area contributed by atoms with Crippen LogP contribution < -0.4 is 10.0 Å². The van der Waals surface area contributed by atoms with Crippen LogP contribution in [0.2, 0.25) is 0 Å². The summed E-state index contributed by atoms with van der Waals surface area (Å²) in [6, 6.07) is 0. The van der Waals surface area contributed by atoms with Gasteiger partial charge in [-0.05, 0) is 80.1 Å². The highest BCUT2D eigenvalue weighted by atomic mass is 32.2. The van der Waals surface area contributed by atoms with E-state index in [9.17, 15) is 9.00 Å². The summed E-state index contributed by atoms with van der Waals surface area (Å²) < 4.78 is 20.8. The van der Waals surface area contributed by atoms with Gasteiger partial charge in [0.25, 0.3) is 0 Å². The molecule has 0 aromatic carbocycles. The maximum absolute atomic E-state index is 12.4. The molecule has 0 saturated heterocycles. The van der Waals surface area contributed by atoms with Crippen molar-refractivity contribution in [3.63, 3.8) is 0 Å². The van der Waals surface area contributed by atoms with Crippen LogP contribution in [0.5, 0.6) is 0 Å². The van der Waals surface area contributed by atoms with E-state index in [4.69, 9.17) is 4.74 Å². The molecule has 3 aliphatic carbocycles. The number of rotatable bonds is 4. The molecule has 1 atom stereocenters. The number of amides is 1. The van der Waals surface area contributed by atoms with Crippen molar-refractivity contribution in [3.05, 3.63) is 0 Å². The van der Waals surface area contributed by atoms with E-state index in [1.165, 1.54) is 0 Å². The lowest BCUT2D eigenvalue weighted by molar-refractivity contribution is -0.192. The van der Waals surface area contributed by atoms with Gasteiger partial charge in [0.2, 0.25) is 0 Å². The summed E-state index contributed by atoms with van der Waals surface area (Å²) in [5.74, 6) is 0. The third-order valence-electron chi connectivity index (χ3n) is 5.03. The standard InChI is InChI=1S/C17H32N2O3S/c1-13(2,3)22-12(20)18-17-9-16(10-17,11-17)15(7,8)19-23(21)14(4,5)6/h19H,9-11H2,1-8H3,(H,18,20). The molecular weight excluding hydrogens is 312 g/mol. The Morgan fingerprint density at radius 1 is 1.00 bits per heavy atom. The number of alkyl carbamates (subject to hydrolysis) is 1. The van der Waals surface area contributed by atoms with E-state index in [0.717, 1.165) is 19.3 Å². The molecule has 1 amide bonds. The van der Waals surface area contributed by atoms with E-state index in [1.807, 2.05) is 41.5 Å². The summed E-state index contributed by atoms with van der Waals surface area (Å²) in [4.78, 5) is 12.0. The first-order valence-corrected chi connectivity index (χ1v) is 9.46. The number of ether oxygens (including phenoxy) is 1. The number of carbonyl (C=O) groups excluding carboxylic acids is 1. The van der Waals surface area contributed by atoms with Crippen molar-refractivity contribution in [1.29, 1.82) is 0 Å². The van der Waals surface area contributed by atoms with Gasteiger partial charge >= 0.3 is 6.09 Å². The second-order valence-corrected chi connectivity index (χ2v) is 11.8. The molecule has 0 heterocycles. The summed E-state index contributed by atoms with van der Waals surface area (Å²) in [6.45, 7) is 15.8. The fourth-order valence-corrected chi connectivity index (χ4v) is 4.58. The monoisotopic (exact) mass is 344 g/mol. The fourth-order valence-electron chi connectivity index (χ4n) is 3.60. The van der Waals surface area contributed by atoms with Crippen molar-refractivity contribution < 1.29 is 13.7 Å². The SMILES string of the molecule is CC(C)(C)OC(=O)NC12CC(C(C)(C)NS(=O)C(C)(C)C)(C1)C2. The van der Waals surface area contributed by atoms with E-state index in [2.05, 4.69) is 23.9 Å². The van der Waals surface area contributed by atoms with Crippen LogP contribution in [0.1, 0.15) is 74.7 Å². The first-order chi connectivity index (χ1) is 10.1. The predicted molar refractivity (Wildman–Crippen MR) is 93.5 cm³/mol. The maximum atomic E-state index is 12.4. The number of carbonyl (C=O) groups is 1. The average molecular weight is 345 g/mol. The van der Waals surface area contributed by atoms with E-state index in [0.29, 0.717) is 0 Å². The van der Waals surface area contributed by atoms with Crippen molar-refractivity contribution in [2.45, 2.75) is 96.1 Å². The summed E-state index contributed by atoms with van der Waals surface area (Å²) in [6.07, 6.45) is 2.41. The van der Waals surface area contributed by atoms with Gasteiger partial charge in [0.15, 0.2) is 0 Å². The molecule has 23 heavy (non-hydrogen) atoms. The molecule has 3 aliphatic rings. The minimum absolute atomic E-state index is 0.114. The molecule has 0 aromatic heterocycles. The van der Waals surface area contributed by atoms with Crippen molar-refractivity contribution >= 4 is 17.1 Å². The molecule has 1 unspecified atom stereocenters. The Hall–Kier alpha value is -0.620. The Morgan fingerprint density at radius 3 is 1.87 bits per heavy atom. The van der Waals surface area contributed by atoms with Gasteiger partial charge < -0.3 is 10.1 Å². The zero-order chi connectivity index (χ0) is 17.9. The normalized spacial score (nSPS) is 31.7. The minimum Gasteiger partial charge on any atom is -0.444 e. The largest absolute Gasteiger partial charge is 0.444 e. The van der Waals surface area contributed by atoms with Crippen LogP contribution in [0.3, 0.4) is 0 Å². The Kier molecular flexibility index (Phi) is 4.22. The van der Waals surface area contributed by atoms with E-state index >= 15 is 0 Å². The molecule has 2 N–H and O–H groups in total. The smallest absolute Gasteiger partial charge is 0.408 e. The zero-order valence-corrected chi connectivity index (χ0v) is 16.6. The first-order valence-electron chi connectivity index (χ1n) is 8.31. The molecule has 134 valence electrons. The summed E-state index contributed by atoms with van der Waals surface area (Å²) >= 11 is 0. The average Bonchev–Trinajstić information content (AvgIpc) is 2.15. The molecule has 5 nitrogen and oxygen atoms in total. The highest BCUT2D eigenvalue weighted by Gasteiger charge is 2.74. The summed E-state index contributed by atoms with van der Waals surface area (Å²) in [5.41, 5.74) is -0.703. The molecule has 0 aromatic rings. The number of hydrogen-bond acceptors (Lipinski definition) is 3. The zero-order valence-electron chi connectivity index (χ0n) is 15.8. The van der Waals surface area contributed by atoms with Gasteiger partial charge in [-0.1, -0.05) is 0 Å². The second kappa shape index (κ2) is 5.19. The molecule has 3 rings (SSSR count). The van der Waals surface area contributed by atoms with Gasteiger partial charge in [-0.3, -0.25) is 0 Å². The van der Waals surface area contributed by atoms with Gasteiger partial charge in [-0.2, -0.15) is 0 Å². The van der Waals surface area contributed by atoms with Crippen LogP contribution >= 0.6 is 0 Å². The topological polar surface area (TPSA) is 67.4 Å². The van der Waals surface area contributed by atoms with E-state index in [-0.39, 0.29) is 27.3 Å². The second-order valence-electron chi connectivity index (χ2n) is 9.83. The number of nitrogens with one attached hydrogen (secondary N) is 2. The maximum Gasteiger partial charge on any atom is 0.408 e. The molecule has 0 spiro atoms. The third-order valence-corrected chi connectivity index (χ3v) is 6.83. The summed E-state index contributed by atoms with van der Waals surface area (Å²) in [5, 5.41) is 3.03. The highest BCUT2D eigenvalue weighted by Crippen LogP contribution is 2.71. The lowest BCUT2D eigenvalue weighted by Crippen LogP contribution is -2.82. The fraction of sp³-hybridized carbons (Fsp3) is 0.941. The molecule has 6 heteroatoms. The first kappa shape index (κ1) is 18.7. The van der Waals surface area contributed by atoms with E-state index < -0.39 is 16.6 Å². The van der Waals surface area contributed by atoms with Crippen molar-refractivity contribution in [2.24, 2.45) is 5.41 Å². The number of hydrogen-bond donors (Lipinski definition) is 2. The van der Waals surface area contributed by atoms with Crippen LogP contribution in [0.25, 0.3) is 0 Å². The van der Waals surface area contributed by atoms with Crippen molar-refractivity contribution in [3.8, 4) is 0 Å². The Balaban J connectivity index is 1.91. The molecule has 3 saturated carbocycles. The Morgan fingerprint density at radius 2 is 1.48 bits per heavy atom.